The molecule has 14 heavy (non-hydrogen) atoms. The molecule has 0 N–H and O–H groups in total. The fourth-order valence-electron chi connectivity index (χ4n) is 1.86. The zero-order chi connectivity index (χ0) is 10.4. The first-order valence-corrected chi connectivity index (χ1v) is 6.69. The van der Waals surface area contributed by atoms with Crippen molar-refractivity contribution in [2.24, 2.45) is 5.92 Å². The first kappa shape index (κ1) is 12.4. The molecule has 84 valence electrons. The van der Waals surface area contributed by atoms with Gasteiger partial charge in [-0.05, 0) is 25.0 Å². The molecule has 0 bridgehead atoms. The molecular formula is C11H25N2P. The second kappa shape index (κ2) is 6.76. The minimum absolute atomic E-state index is 0.847. The summed E-state index contributed by atoms with van der Waals surface area (Å²) < 4.78 is 0. The fourth-order valence-corrected chi connectivity index (χ4v) is 2.23. The van der Waals surface area contributed by atoms with Gasteiger partial charge in [0.25, 0.3) is 0 Å². The van der Waals surface area contributed by atoms with Gasteiger partial charge in [-0.15, -0.1) is 9.24 Å². The highest BCUT2D eigenvalue weighted by atomic mass is 31.0. The zero-order valence-electron chi connectivity index (χ0n) is 9.71. The molecule has 1 saturated heterocycles. The van der Waals surface area contributed by atoms with Crippen LogP contribution in [0.1, 0.15) is 20.3 Å². The van der Waals surface area contributed by atoms with E-state index < -0.39 is 0 Å². The van der Waals surface area contributed by atoms with Crippen molar-refractivity contribution in [3.05, 3.63) is 0 Å². The number of hydrogen-bond donors (Lipinski definition) is 0. The van der Waals surface area contributed by atoms with E-state index in [1.165, 1.54) is 51.9 Å². The predicted octanol–water partition coefficient (Wildman–Crippen LogP) is 1.53. The molecule has 1 rings (SSSR count). The van der Waals surface area contributed by atoms with Gasteiger partial charge in [-0.2, -0.15) is 0 Å². The Balaban J connectivity index is 2.09. The van der Waals surface area contributed by atoms with Crippen molar-refractivity contribution in [2.75, 3.05) is 45.4 Å². The standard InChI is InChI=1S/C11H25N2P/c1-11(2)3-4-12-5-7-13(8-6-12)9-10-14/h11H,3-10,14H2,1-2H3. The van der Waals surface area contributed by atoms with Gasteiger partial charge in [-0.25, -0.2) is 0 Å². The van der Waals surface area contributed by atoms with Crippen LogP contribution in [0.25, 0.3) is 0 Å². The van der Waals surface area contributed by atoms with Crippen LogP contribution in [0.3, 0.4) is 0 Å². The molecule has 0 radical (unpaired) electrons. The fraction of sp³-hybridized carbons (Fsp3) is 1.00. The van der Waals surface area contributed by atoms with Gasteiger partial charge in [0.05, 0.1) is 0 Å². The molecule has 2 nitrogen and oxygen atoms in total. The second-order valence-corrected chi connectivity index (χ2v) is 5.23. The van der Waals surface area contributed by atoms with Crippen LogP contribution in [0, 0.1) is 5.92 Å². The summed E-state index contributed by atoms with van der Waals surface area (Å²) in [7, 11) is 2.81. The van der Waals surface area contributed by atoms with Gasteiger partial charge in [0.2, 0.25) is 0 Å². The van der Waals surface area contributed by atoms with Crippen molar-refractivity contribution in [1.29, 1.82) is 0 Å². The van der Waals surface area contributed by atoms with Crippen LogP contribution >= 0.6 is 9.24 Å². The summed E-state index contributed by atoms with van der Waals surface area (Å²) >= 11 is 0. The highest BCUT2D eigenvalue weighted by molar-refractivity contribution is 7.16. The Labute approximate surface area is 91.2 Å². The summed E-state index contributed by atoms with van der Waals surface area (Å²) in [5, 5.41) is 0. The van der Waals surface area contributed by atoms with E-state index >= 15 is 0 Å². The lowest BCUT2D eigenvalue weighted by Gasteiger charge is -2.34. The molecule has 0 aromatic heterocycles. The number of nitrogens with zero attached hydrogens (tertiary/aromatic N) is 2. The van der Waals surface area contributed by atoms with E-state index in [0.29, 0.717) is 0 Å². The molecule has 0 aromatic rings. The van der Waals surface area contributed by atoms with E-state index in [2.05, 4.69) is 32.9 Å². The van der Waals surface area contributed by atoms with Crippen molar-refractivity contribution in [2.45, 2.75) is 20.3 Å². The lowest BCUT2D eigenvalue weighted by atomic mass is 10.1. The summed E-state index contributed by atoms with van der Waals surface area (Å²) in [4.78, 5) is 5.18. The van der Waals surface area contributed by atoms with E-state index in [0.717, 1.165) is 5.92 Å². The maximum atomic E-state index is 2.81. The van der Waals surface area contributed by atoms with Crippen LogP contribution in [0.15, 0.2) is 0 Å². The maximum Gasteiger partial charge on any atom is 0.0110 e. The maximum absolute atomic E-state index is 2.81. The topological polar surface area (TPSA) is 6.48 Å². The smallest absolute Gasteiger partial charge is 0.0110 e. The van der Waals surface area contributed by atoms with Crippen molar-refractivity contribution in [1.82, 2.24) is 9.80 Å². The minimum atomic E-state index is 0.847. The first-order valence-electron chi connectivity index (χ1n) is 5.87. The lowest BCUT2D eigenvalue weighted by Crippen LogP contribution is -2.47. The molecule has 0 aliphatic carbocycles. The van der Waals surface area contributed by atoms with Crippen molar-refractivity contribution >= 4 is 9.24 Å². The van der Waals surface area contributed by atoms with Crippen LogP contribution in [0.5, 0.6) is 0 Å². The minimum Gasteiger partial charge on any atom is -0.301 e. The predicted molar refractivity (Wildman–Crippen MR) is 66.9 cm³/mol. The van der Waals surface area contributed by atoms with E-state index in [1.807, 2.05) is 0 Å². The van der Waals surface area contributed by atoms with Crippen LogP contribution in [0.2, 0.25) is 0 Å². The molecule has 1 aliphatic heterocycles. The SMILES string of the molecule is CC(C)CCN1CCN(CCP)CC1. The quantitative estimate of drug-likeness (QED) is 0.643. The normalized spacial score (nSPS) is 20.6. The van der Waals surface area contributed by atoms with Crippen LogP contribution < -0.4 is 0 Å². The summed E-state index contributed by atoms with van der Waals surface area (Å²) in [6.07, 6.45) is 2.57. The first-order chi connectivity index (χ1) is 6.72. The van der Waals surface area contributed by atoms with Crippen molar-refractivity contribution in [3.63, 3.8) is 0 Å². The Morgan fingerprint density at radius 1 is 1.00 bits per heavy atom. The monoisotopic (exact) mass is 216 g/mol. The third kappa shape index (κ3) is 4.72. The molecule has 1 unspecified atom stereocenters. The molecule has 1 heterocycles. The van der Waals surface area contributed by atoms with E-state index in [-0.39, 0.29) is 0 Å². The highest BCUT2D eigenvalue weighted by Gasteiger charge is 2.15. The van der Waals surface area contributed by atoms with E-state index in [9.17, 15) is 0 Å². The molecule has 1 fully saturated rings. The summed E-state index contributed by atoms with van der Waals surface area (Å²) in [5.74, 6) is 0.847. The summed E-state index contributed by atoms with van der Waals surface area (Å²) in [6.45, 7) is 12.3. The van der Waals surface area contributed by atoms with E-state index in [4.69, 9.17) is 0 Å². The second-order valence-electron chi connectivity index (χ2n) is 4.65. The molecule has 1 atom stereocenters. The Morgan fingerprint density at radius 3 is 1.93 bits per heavy atom. The average Bonchev–Trinajstić information content (AvgIpc) is 2.17. The summed E-state index contributed by atoms with van der Waals surface area (Å²) in [6, 6.07) is 0. The van der Waals surface area contributed by atoms with Gasteiger partial charge in [0.15, 0.2) is 0 Å². The van der Waals surface area contributed by atoms with Crippen LogP contribution in [0.4, 0.5) is 0 Å². The van der Waals surface area contributed by atoms with Crippen molar-refractivity contribution < 1.29 is 0 Å². The Bertz CT molecular complexity index is 142. The molecule has 0 spiro atoms. The third-order valence-corrected chi connectivity index (χ3v) is 3.19. The molecule has 0 aromatic carbocycles. The molecular weight excluding hydrogens is 191 g/mol. The third-order valence-electron chi connectivity index (χ3n) is 2.93. The lowest BCUT2D eigenvalue weighted by molar-refractivity contribution is 0.133. The molecule has 3 heteroatoms. The zero-order valence-corrected chi connectivity index (χ0v) is 10.9. The van der Waals surface area contributed by atoms with Gasteiger partial charge in [-0.3, -0.25) is 0 Å². The molecule has 1 aliphatic rings. The average molecular weight is 216 g/mol. The van der Waals surface area contributed by atoms with Gasteiger partial charge in [0, 0.05) is 32.7 Å². The molecule has 0 saturated carbocycles. The molecule has 0 amide bonds. The highest BCUT2D eigenvalue weighted by Crippen LogP contribution is 2.06. The van der Waals surface area contributed by atoms with Crippen LogP contribution in [-0.4, -0.2) is 55.2 Å². The van der Waals surface area contributed by atoms with Crippen molar-refractivity contribution in [3.8, 4) is 0 Å². The Kier molecular flexibility index (Phi) is 6.00. The van der Waals surface area contributed by atoms with Gasteiger partial charge >= 0.3 is 0 Å². The van der Waals surface area contributed by atoms with E-state index in [1.54, 1.807) is 0 Å². The number of hydrogen-bond acceptors (Lipinski definition) is 2. The number of rotatable bonds is 5. The van der Waals surface area contributed by atoms with Gasteiger partial charge in [0.1, 0.15) is 0 Å². The van der Waals surface area contributed by atoms with Crippen LogP contribution in [-0.2, 0) is 0 Å². The largest absolute Gasteiger partial charge is 0.301 e. The summed E-state index contributed by atoms with van der Waals surface area (Å²) in [5.41, 5.74) is 0. The van der Waals surface area contributed by atoms with Gasteiger partial charge < -0.3 is 9.80 Å². The number of piperazine rings is 1. The van der Waals surface area contributed by atoms with Gasteiger partial charge in [-0.1, -0.05) is 13.8 Å². The Morgan fingerprint density at radius 2 is 1.50 bits per heavy atom. The Hall–Kier alpha value is 0.350.